The maximum atomic E-state index is 4.33. The maximum absolute atomic E-state index is 4.33. The van der Waals surface area contributed by atoms with Gasteiger partial charge in [-0.05, 0) is 18.4 Å². The topological polar surface area (TPSA) is 30.7 Å². The Hall–Kier alpha value is -1.64. The van der Waals surface area contributed by atoms with Crippen LogP contribution in [0.15, 0.2) is 30.3 Å². The first-order valence-electron chi connectivity index (χ1n) is 6.80. The van der Waals surface area contributed by atoms with Crippen molar-refractivity contribution in [3.8, 4) is 0 Å². The molecule has 18 heavy (non-hydrogen) atoms. The average Bonchev–Trinajstić information content (AvgIpc) is 2.75. The number of benzene rings is 1. The number of nitrogens with zero attached hydrogens (tertiary/aromatic N) is 3. The van der Waals surface area contributed by atoms with Crippen LogP contribution in [-0.4, -0.2) is 15.0 Å². The summed E-state index contributed by atoms with van der Waals surface area (Å²) < 4.78 is 2.06. The molecule has 2 aromatic rings. The molecule has 0 N–H and O–H groups in total. The molecule has 0 aliphatic heterocycles. The molecule has 0 spiro atoms. The molecule has 0 aliphatic rings. The normalized spacial score (nSPS) is 10.8. The van der Waals surface area contributed by atoms with Gasteiger partial charge >= 0.3 is 0 Å². The molecule has 0 fully saturated rings. The third-order valence-electron chi connectivity index (χ3n) is 3.07. The standard InChI is InChI=1S/C15H21N3/c1-3-8-14-15(9-4-2)18(17-16-14)12-13-10-6-5-7-11-13/h5-7,10-11H,3-4,8-9,12H2,1-2H3. The van der Waals surface area contributed by atoms with E-state index in [1.54, 1.807) is 0 Å². The van der Waals surface area contributed by atoms with Crippen LogP contribution in [0.5, 0.6) is 0 Å². The smallest absolute Gasteiger partial charge is 0.0859 e. The van der Waals surface area contributed by atoms with Gasteiger partial charge in [0.15, 0.2) is 0 Å². The van der Waals surface area contributed by atoms with Crippen LogP contribution in [-0.2, 0) is 19.4 Å². The lowest BCUT2D eigenvalue weighted by Crippen LogP contribution is -2.07. The van der Waals surface area contributed by atoms with Crippen LogP contribution >= 0.6 is 0 Å². The second kappa shape index (κ2) is 6.34. The zero-order valence-electron chi connectivity index (χ0n) is 11.3. The monoisotopic (exact) mass is 243 g/mol. The number of aryl methyl sites for hydroxylation is 1. The van der Waals surface area contributed by atoms with Crippen LogP contribution in [0.3, 0.4) is 0 Å². The fourth-order valence-corrected chi connectivity index (χ4v) is 2.19. The lowest BCUT2D eigenvalue weighted by molar-refractivity contribution is 0.613. The number of hydrogen-bond donors (Lipinski definition) is 0. The third kappa shape index (κ3) is 2.97. The molecule has 0 bridgehead atoms. The van der Waals surface area contributed by atoms with E-state index in [-0.39, 0.29) is 0 Å². The summed E-state index contributed by atoms with van der Waals surface area (Å²) in [6, 6.07) is 10.4. The summed E-state index contributed by atoms with van der Waals surface area (Å²) in [5, 5.41) is 8.65. The second-order valence-corrected chi connectivity index (χ2v) is 4.63. The molecule has 0 radical (unpaired) electrons. The molecule has 0 saturated heterocycles. The van der Waals surface area contributed by atoms with Crippen molar-refractivity contribution in [2.45, 2.75) is 46.1 Å². The van der Waals surface area contributed by atoms with Gasteiger partial charge in [0.2, 0.25) is 0 Å². The van der Waals surface area contributed by atoms with Crippen LogP contribution < -0.4 is 0 Å². The second-order valence-electron chi connectivity index (χ2n) is 4.63. The molecule has 3 heteroatoms. The van der Waals surface area contributed by atoms with E-state index in [2.05, 4.69) is 53.1 Å². The third-order valence-corrected chi connectivity index (χ3v) is 3.07. The first kappa shape index (κ1) is 12.8. The van der Waals surface area contributed by atoms with Gasteiger partial charge in [0.1, 0.15) is 0 Å². The molecule has 0 amide bonds. The van der Waals surface area contributed by atoms with Gasteiger partial charge in [-0.25, -0.2) is 4.68 Å². The molecule has 0 atom stereocenters. The first-order chi connectivity index (χ1) is 8.85. The summed E-state index contributed by atoms with van der Waals surface area (Å²) in [5.41, 5.74) is 3.77. The van der Waals surface area contributed by atoms with Gasteiger partial charge in [-0.1, -0.05) is 62.2 Å². The van der Waals surface area contributed by atoms with E-state index in [0.717, 1.165) is 32.2 Å². The van der Waals surface area contributed by atoms with Gasteiger partial charge in [-0.2, -0.15) is 0 Å². The van der Waals surface area contributed by atoms with Crippen LogP contribution in [0.25, 0.3) is 0 Å². The summed E-state index contributed by atoms with van der Waals surface area (Å²) in [6.07, 6.45) is 4.36. The molecule has 0 saturated carbocycles. The quantitative estimate of drug-likeness (QED) is 0.780. The van der Waals surface area contributed by atoms with Crippen molar-refractivity contribution in [1.29, 1.82) is 0 Å². The molecular weight excluding hydrogens is 222 g/mol. The highest BCUT2D eigenvalue weighted by Crippen LogP contribution is 2.12. The van der Waals surface area contributed by atoms with Crippen molar-refractivity contribution in [3.05, 3.63) is 47.3 Å². The number of hydrogen-bond acceptors (Lipinski definition) is 2. The number of rotatable bonds is 6. The summed E-state index contributed by atoms with van der Waals surface area (Å²) >= 11 is 0. The summed E-state index contributed by atoms with van der Waals surface area (Å²) in [7, 11) is 0. The molecule has 0 aliphatic carbocycles. The van der Waals surface area contributed by atoms with Gasteiger partial charge < -0.3 is 0 Å². The van der Waals surface area contributed by atoms with E-state index < -0.39 is 0 Å². The van der Waals surface area contributed by atoms with Gasteiger partial charge in [0.25, 0.3) is 0 Å². The largest absolute Gasteiger partial charge is 0.245 e. The molecular formula is C15H21N3. The fourth-order valence-electron chi connectivity index (χ4n) is 2.19. The van der Waals surface area contributed by atoms with E-state index in [1.165, 1.54) is 17.0 Å². The summed E-state index contributed by atoms with van der Waals surface area (Å²) in [4.78, 5) is 0. The molecule has 3 nitrogen and oxygen atoms in total. The van der Waals surface area contributed by atoms with Crippen molar-refractivity contribution in [2.24, 2.45) is 0 Å². The zero-order valence-corrected chi connectivity index (χ0v) is 11.3. The predicted octanol–water partition coefficient (Wildman–Crippen LogP) is 3.23. The van der Waals surface area contributed by atoms with Crippen LogP contribution in [0.2, 0.25) is 0 Å². The minimum atomic E-state index is 0.826. The summed E-state index contributed by atoms with van der Waals surface area (Å²) in [5.74, 6) is 0. The Bertz CT molecular complexity index is 474. The Labute approximate surface area is 109 Å². The highest BCUT2D eigenvalue weighted by atomic mass is 15.4. The van der Waals surface area contributed by atoms with Crippen molar-refractivity contribution < 1.29 is 0 Å². The Kier molecular flexibility index (Phi) is 4.51. The van der Waals surface area contributed by atoms with Gasteiger partial charge in [0, 0.05) is 0 Å². The van der Waals surface area contributed by atoms with Gasteiger partial charge in [-0.15, -0.1) is 5.10 Å². The lowest BCUT2D eigenvalue weighted by atomic mass is 10.1. The van der Waals surface area contributed by atoms with Crippen molar-refractivity contribution in [2.75, 3.05) is 0 Å². The predicted molar refractivity (Wildman–Crippen MR) is 73.6 cm³/mol. The molecule has 1 aromatic heterocycles. The van der Waals surface area contributed by atoms with Crippen LogP contribution in [0, 0.1) is 0 Å². The molecule has 2 rings (SSSR count). The Morgan fingerprint density at radius 1 is 1.00 bits per heavy atom. The lowest BCUT2D eigenvalue weighted by Gasteiger charge is -2.07. The van der Waals surface area contributed by atoms with Crippen LogP contribution in [0.4, 0.5) is 0 Å². The minimum Gasteiger partial charge on any atom is -0.245 e. The highest BCUT2D eigenvalue weighted by molar-refractivity contribution is 5.17. The molecule has 0 unspecified atom stereocenters. The SMILES string of the molecule is CCCc1nnn(Cc2ccccc2)c1CCC. The summed E-state index contributed by atoms with van der Waals surface area (Å²) in [6.45, 7) is 5.22. The maximum Gasteiger partial charge on any atom is 0.0859 e. The minimum absolute atomic E-state index is 0.826. The van der Waals surface area contributed by atoms with Crippen molar-refractivity contribution in [1.82, 2.24) is 15.0 Å². The van der Waals surface area contributed by atoms with Crippen LogP contribution in [0.1, 0.15) is 43.6 Å². The fraction of sp³-hybridized carbons (Fsp3) is 0.467. The van der Waals surface area contributed by atoms with E-state index in [1.807, 2.05) is 6.07 Å². The van der Waals surface area contributed by atoms with Crippen molar-refractivity contribution in [3.63, 3.8) is 0 Å². The van der Waals surface area contributed by atoms with Crippen molar-refractivity contribution >= 4 is 0 Å². The number of aromatic nitrogens is 3. The van der Waals surface area contributed by atoms with E-state index in [4.69, 9.17) is 0 Å². The molecule has 1 aromatic carbocycles. The Morgan fingerprint density at radius 2 is 1.72 bits per heavy atom. The average molecular weight is 243 g/mol. The van der Waals surface area contributed by atoms with E-state index >= 15 is 0 Å². The van der Waals surface area contributed by atoms with E-state index in [9.17, 15) is 0 Å². The van der Waals surface area contributed by atoms with Gasteiger partial charge in [-0.3, -0.25) is 0 Å². The molecule has 1 heterocycles. The first-order valence-corrected chi connectivity index (χ1v) is 6.80. The Morgan fingerprint density at radius 3 is 2.39 bits per heavy atom. The molecule has 96 valence electrons. The Balaban J connectivity index is 2.21. The van der Waals surface area contributed by atoms with Gasteiger partial charge in [0.05, 0.1) is 17.9 Å². The highest BCUT2D eigenvalue weighted by Gasteiger charge is 2.11. The zero-order chi connectivity index (χ0) is 12.8. The van der Waals surface area contributed by atoms with E-state index in [0.29, 0.717) is 0 Å².